The third-order valence-corrected chi connectivity index (χ3v) is 4.34. The van der Waals surface area contributed by atoms with Gasteiger partial charge in [-0.2, -0.15) is 5.10 Å². The Kier molecular flexibility index (Phi) is 3.83. The number of aromatic nitrogens is 2. The van der Waals surface area contributed by atoms with Crippen molar-refractivity contribution in [2.45, 2.75) is 40.0 Å². The van der Waals surface area contributed by atoms with Gasteiger partial charge in [-0.25, -0.2) is 0 Å². The van der Waals surface area contributed by atoms with Crippen molar-refractivity contribution in [2.75, 3.05) is 13.1 Å². The number of carboxylic acids is 1. The largest absolute Gasteiger partial charge is 0.481 e. The van der Waals surface area contributed by atoms with Crippen LogP contribution in [-0.4, -0.2) is 45.2 Å². The molecular weight excluding hydrogens is 258 g/mol. The highest BCUT2D eigenvalue weighted by atomic mass is 16.4. The highest BCUT2D eigenvalue weighted by molar-refractivity contribution is 5.80. The van der Waals surface area contributed by atoms with Crippen molar-refractivity contribution in [1.82, 2.24) is 15.1 Å². The number of nitrogens with one attached hydrogen (secondary N) is 1. The quantitative estimate of drug-likeness (QED) is 0.872. The molecule has 1 aromatic heterocycles. The van der Waals surface area contributed by atoms with Gasteiger partial charge < -0.3 is 10.0 Å². The molecule has 1 aliphatic rings. The summed E-state index contributed by atoms with van der Waals surface area (Å²) in [6.45, 7) is 6.56. The standard InChI is InChI=1S/C14H21N3O3/c1-9-11(10(2)16-15-9)8-12(18)17-6-4-14(3,5-7-17)13(19)20/h4-8H2,1-3H3,(H,15,16)(H,19,20). The smallest absolute Gasteiger partial charge is 0.309 e. The van der Waals surface area contributed by atoms with Crippen LogP contribution in [-0.2, 0) is 16.0 Å². The Bertz CT molecular complexity index is 508. The third kappa shape index (κ3) is 2.69. The molecule has 0 atom stereocenters. The van der Waals surface area contributed by atoms with Crippen LogP contribution in [0.15, 0.2) is 0 Å². The van der Waals surface area contributed by atoms with E-state index in [1.165, 1.54) is 0 Å². The van der Waals surface area contributed by atoms with E-state index >= 15 is 0 Å². The van der Waals surface area contributed by atoms with Gasteiger partial charge in [0.1, 0.15) is 0 Å². The summed E-state index contributed by atoms with van der Waals surface area (Å²) < 4.78 is 0. The Labute approximate surface area is 118 Å². The van der Waals surface area contributed by atoms with E-state index in [-0.39, 0.29) is 5.91 Å². The molecule has 1 fully saturated rings. The lowest BCUT2D eigenvalue weighted by Crippen LogP contribution is -2.45. The first-order chi connectivity index (χ1) is 9.33. The average molecular weight is 279 g/mol. The molecule has 2 N–H and O–H groups in total. The number of piperidine rings is 1. The topological polar surface area (TPSA) is 86.3 Å². The SMILES string of the molecule is Cc1n[nH]c(C)c1CC(=O)N1CCC(C)(C(=O)O)CC1. The number of aryl methyl sites for hydroxylation is 2. The van der Waals surface area contributed by atoms with Crippen molar-refractivity contribution in [3.63, 3.8) is 0 Å². The van der Waals surface area contributed by atoms with Crippen molar-refractivity contribution in [3.05, 3.63) is 17.0 Å². The van der Waals surface area contributed by atoms with Crippen molar-refractivity contribution < 1.29 is 14.7 Å². The normalized spacial score (nSPS) is 18.1. The summed E-state index contributed by atoms with van der Waals surface area (Å²) >= 11 is 0. The molecule has 1 aromatic rings. The number of hydrogen-bond acceptors (Lipinski definition) is 3. The van der Waals surface area contributed by atoms with Crippen LogP contribution in [0, 0.1) is 19.3 Å². The predicted octanol–water partition coefficient (Wildman–Crippen LogP) is 1.28. The molecule has 1 aliphatic heterocycles. The Hall–Kier alpha value is -1.85. The fourth-order valence-electron chi connectivity index (χ4n) is 2.56. The molecule has 1 amide bonds. The maximum Gasteiger partial charge on any atom is 0.309 e. The summed E-state index contributed by atoms with van der Waals surface area (Å²) in [6, 6.07) is 0. The Morgan fingerprint density at radius 1 is 1.35 bits per heavy atom. The Balaban J connectivity index is 1.98. The van der Waals surface area contributed by atoms with Gasteiger partial charge in [0.25, 0.3) is 0 Å². The molecule has 0 unspecified atom stereocenters. The van der Waals surface area contributed by atoms with Crippen molar-refractivity contribution in [3.8, 4) is 0 Å². The van der Waals surface area contributed by atoms with E-state index in [0.29, 0.717) is 32.4 Å². The number of amides is 1. The minimum Gasteiger partial charge on any atom is -0.481 e. The van der Waals surface area contributed by atoms with E-state index < -0.39 is 11.4 Å². The van der Waals surface area contributed by atoms with Crippen LogP contribution in [0.2, 0.25) is 0 Å². The lowest BCUT2D eigenvalue weighted by Gasteiger charge is -2.36. The van der Waals surface area contributed by atoms with Gasteiger partial charge in [-0.05, 0) is 33.6 Å². The molecule has 1 saturated heterocycles. The van der Waals surface area contributed by atoms with Crippen LogP contribution >= 0.6 is 0 Å². The van der Waals surface area contributed by atoms with Gasteiger partial charge in [-0.3, -0.25) is 14.7 Å². The van der Waals surface area contributed by atoms with Gasteiger partial charge >= 0.3 is 5.97 Å². The number of carbonyl (C=O) groups is 2. The van der Waals surface area contributed by atoms with E-state index in [0.717, 1.165) is 17.0 Å². The van der Waals surface area contributed by atoms with Crippen molar-refractivity contribution >= 4 is 11.9 Å². The summed E-state index contributed by atoms with van der Waals surface area (Å²) in [5.74, 6) is -0.726. The number of carboxylic acid groups (broad SMARTS) is 1. The maximum atomic E-state index is 12.3. The highest BCUT2D eigenvalue weighted by Crippen LogP contribution is 2.31. The number of aliphatic carboxylic acids is 1. The van der Waals surface area contributed by atoms with E-state index in [9.17, 15) is 14.7 Å². The number of carbonyl (C=O) groups excluding carboxylic acids is 1. The summed E-state index contributed by atoms with van der Waals surface area (Å²) in [7, 11) is 0. The number of nitrogens with zero attached hydrogens (tertiary/aromatic N) is 2. The number of hydrogen-bond donors (Lipinski definition) is 2. The molecule has 6 heteroatoms. The fraction of sp³-hybridized carbons (Fsp3) is 0.643. The second-order valence-corrected chi connectivity index (χ2v) is 5.84. The molecular formula is C14H21N3O3. The molecule has 2 heterocycles. The average Bonchev–Trinajstić information content (AvgIpc) is 2.71. The molecule has 0 spiro atoms. The van der Waals surface area contributed by atoms with E-state index in [1.807, 2.05) is 13.8 Å². The molecule has 0 aliphatic carbocycles. The van der Waals surface area contributed by atoms with Gasteiger partial charge in [-0.15, -0.1) is 0 Å². The molecule has 0 bridgehead atoms. The molecule has 0 radical (unpaired) electrons. The van der Waals surface area contributed by atoms with Crippen molar-refractivity contribution in [1.29, 1.82) is 0 Å². The van der Waals surface area contributed by atoms with Gasteiger partial charge in [0.05, 0.1) is 17.5 Å². The Morgan fingerprint density at radius 2 is 1.95 bits per heavy atom. The third-order valence-electron chi connectivity index (χ3n) is 4.34. The van der Waals surface area contributed by atoms with E-state index in [4.69, 9.17) is 0 Å². The second kappa shape index (κ2) is 5.26. The zero-order valence-corrected chi connectivity index (χ0v) is 12.2. The van der Waals surface area contributed by atoms with Crippen LogP contribution in [0.1, 0.15) is 36.7 Å². The second-order valence-electron chi connectivity index (χ2n) is 5.84. The number of H-pyrrole nitrogens is 1. The number of rotatable bonds is 3. The Morgan fingerprint density at radius 3 is 2.40 bits per heavy atom. The zero-order valence-electron chi connectivity index (χ0n) is 12.2. The van der Waals surface area contributed by atoms with Gasteiger partial charge in [0, 0.05) is 24.3 Å². The van der Waals surface area contributed by atoms with E-state index in [2.05, 4.69) is 10.2 Å². The minimum absolute atomic E-state index is 0.0463. The number of aromatic amines is 1. The van der Waals surface area contributed by atoms with Gasteiger partial charge in [-0.1, -0.05) is 0 Å². The zero-order chi connectivity index (χ0) is 14.9. The van der Waals surface area contributed by atoms with Crippen molar-refractivity contribution in [2.24, 2.45) is 5.41 Å². The predicted molar refractivity (Wildman–Crippen MR) is 73.3 cm³/mol. The maximum absolute atomic E-state index is 12.3. The monoisotopic (exact) mass is 279 g/mol. The number of likely N-dealkylation sites (tertiary alicyclic amines) is 1. The van der Waals surface area contributed by atoms with Crippen LogP contribution in [0.3, 0.4) is 0 Å². The first-order valence-electron chi connectivity index (χ1n) is 6.85. The fourth-order valence-corrected chi connectivity index (χ4v) is 2.56. The van der Waals surface area contributed by atoms with Crippen LogP contribution in [0.4, 0.5) is 0 Å². The van der Waals surface area contributed by atoms with E-state index in [1.54, 1.807) is 11.8 Å². The molecule has 6 nitrogen and oxygen atoms in total. The van der Waals surface area contributed by atoms with Crippen LogP contribution < -0.4 is 0 Å². The summed E-state index contributed by atoms with van der Waals surface area (Å²) in [5.41, 5.74) is 2.02. The summed E-state index contributed by atoms with van der Waals surface area (Å²) in [6.07, 6.45) is 1.35. The van der Waals surface area contributed by atoms with Gasteiger partial charge in [0.15, 0.2) is 0 Å². The lowest BCUT2D eigenvalue weighted by molar-refractivity contribution is -0.152. The molecule has 0 aromatic carbocycles. The van der Waals surface area contributed by atoms with Crippen LogP contribution in [0.5, 0.6) is 0 Å². The molecule has 2 rings (SSSR count). The first kappa shape index (κ1) is 14.6. The van der Waals surface area contributed by atoms with Crippen LogP contribution in [0.25, 0.3) is 0 Å². The summed E-state index contributed by atoms with van der Waals surface area (Å²) in [5, 5.41) is 16.1. The first-order valence-corrected chi connectivity index (χ1v) is 6.85. The molecule has 0 saturated carbocycles. The summed E-state index contributed by atoms with van der Waals surface area (Å²) in [4.78, 5) is 25.2. The minimum atomic E-state index is -0.772. The molecule has 20 heavy (non-hydrogen) atoms. The highest BCUT2D eigenvalue weighted by Gasteiger charge is 2.38. The van der Waals surface area contributed by atoms with Gasteiger partial charge in [0.2, 0.25) is 5.91 Å². The lowest BCUT2D eigenvalue weighted by atomic mass is 9.80. The molecule has 110 valence electrons.